The van der Waals surface area contributed by atoms with Gasteiger partial charge < -0.3 is 20.5 Å². The molecule has 0 bridgehead atoms. The Morgan fingerprint density at radius 1 is 1.03 bits per heavy atom. The zero-order valence-corrected chi connectivity index (χ0v) is 21.2. The first-order valence-corrected chi connectivity index (χ1v) is 12.5. The van der Waals surface area contributed by atoms with E-state index in [9.17, 15) is 14.0 Å². The molecule has 1 amide bonds. The Hall–Kier alpha value is -4.44. The summed E-state index contributed by atoms with van der Waals surface area (Å²) in [5, 5.41) is 17.8. The summed E-state index contributed by atoms with van der Waals surface area (Å²) in [5.41, 5.74) is 4.02. The van der Waals surface area contributed by atoms with Crippen molar-refractivity contribution in [2.75, 3.05) is 22.2 Å². The van der Waals surface area contributed by atoms with Gasteiger partial charge in [-0.05, 0) is 79.4 Å². The first-order chi connectivity index (χ1) is 17.7. The summed E-state index contributed by atoms with van der Waals surface area (Å²) in [6.45, 7) is 1.93. The Morgan fingerprint density at radius 2 is 1.73 bits per heavy atom. The van der Waals surface area contributed by atoms with Gasteiger partial charge in [0.15, 0.2) is 0 Å². The lowest BCUT2D eigenvalue weighted by Crippen LogP contribution is -2.20. The van der Waals surface area contributed by atoms with Crippen LogP contribution in [-0.2, 0) is 11.8 Å². The number of aryl methyl sites for hydroxylation is 2. The highest BCUT2D eigenvalue weighted by molar-refractivity contribution is 8.13. The normalized spacial score (nSPS) is 11.3. The summed E-state index contributed by atoms with van der Waals surface area (Å²) in [6, 6.07) is 16.4. The number of amides is 1. The summed E-state index contributed by atoms with van der Waals surface area (Å²) in [6.07, 6.45) is 4.64. The molecule has 4 aromatic rings. The van der Waals surface area contributed by atoms with Gasteiger partial charge in [0.05, 0.1) is 22.3 Å². The molecular weight excluding hydrogens is 491 g/mol. The summed E-state index contributed by atoms with van der Waals surface area (Å²) < 4.78 is 14.7. The highest BCUT2D eigenvalue weighted by Crippen LogP contribution is 2.26. The standard InChI is InChI=1S/C27H25FN6O2S/c1-16-4-7-20(13-23(16)32-19-10-11-22-21(12-19)27(36)34(2)15-30-22)33-26(35)24(14-25(29)37-3)31-18-8-5-17(28)6-9-18/h4-15,29,31-32H,1-3H3,(H,33,35)/b24-14-,29-25?. The van der Waals surface area contributed by atoms with Crippen LogP contribution in [0.1, 0.15) is 5.56 Å². The molecule has 0 fully saturated rings. The van der Waals surface area contributed by atoms with Crippen molar-refractivity contribution in [3.05, 3.63) is 100 Å². The van der Waals surface area contributed by atoms with Gasteiger partial charge >= 0.3 is 0 Å². The van der Waals surface area contributed by atoms with Crippen LogP contribution in [0.3, 0.4) is 0 Å². The van der Waals surface area contributed by atoms with E-state index >= 15 is 0 Å². The maximum atomic E-state index is 13.3. The fourth-order valence-electron chi connectivity index (χ4n) is 3.51. The van der Waals surface area contributed by atoms with E-state index in [-0.39, 0.29) is 22.1 Å². The van der Waals surface area contributed by atoms with Gasteiger partial charge in [-0.3, -0.25) is 15.0 Å². The molecule has 4 rings (SSSR count). The molecule has 188 valence electrons. The molecule has 0 unspecified atom stereocenters. The third-order valence-electron chi connectivity index (χ3n) is 5.55. The van der Waals surface area contributed by atoms with E-state index in [0.29, 0.717) is 28.0 Å². The second-order valence-corrected chi connectivity index (χ2v) is 9.11. The van der Waals surface area contributed by atoms with Gasteiger partial charge in [-0.1, -0.05) is 6.07 Å². The van der Waals surface area contributed by atoms with Crippen LogP contribution >= 0.6 is 11.8 Å². The van der Waals surface area contributed by atoms with Gasteiger partial charge in [0.2, 0.25) is 0 Å². The lowest BCUT2D eigenvalue weighted by molar-refractivity contribution is -0.112. The average molecular weight is 517 g/mol. The monoisotopic (exact) mass is 516 g/mol. The van der Waals surface area contributed by atoms with Crippen LogP contribution in [0.25, 0.3) is 10.9 Å². The smallest absolute Gasteiger partial charge is 0.272 e. The second kappa shape index (κ2) is 11.1. The van der Waals surface area contributed by atoms with Crippen LogP contribution in [0, 0.1) is 18.2 Å². The molecule has 10 heteroatoms. The average Bonchev–Trinajstić information content (AvgIpc) is 2.89. The number of thioether (sulfide) groups is 1. The molecule has 0 radical (unpaired) electrons. The SMILES string of the molecule is CSC(=N)/C=C(\Nc1ccc(F)cc1)C(=O)Nc1ccc(C)c(Nc2ccc3ncn(C)c(=O)c3c2)c1. The zero-order valence-electron chi connectivity index (χ0n) is 20.4. The number of fused-ring (bicyclic) bond motifs is 1. The van der Waals surface area contributed by atoms with E-state index in [0.717, 1.165) is 11.3 Å². The first-order valence-electron chi connectivity index (χ1n) is 11.2. The molecule has 0 saturated carbocycles. The van der Waals surface area contributed by atoms with E-state index in [2.05, 4.69) is 20.9 Å². The predicted molar refractivity (Wildman–Crippen MR) is 149 cm³/mol. The van der Waals surface area contributed by atoms with E-state index in [1.54, 1.807) is 37.6 Å². The van der Waals surface area contributed by atoms with Crippen molar-refractivity contribution >= 4 is 56.4 Å². The maximum absolute atomic E-state index is 13.3. The number of carbonyl (C=O) groups excluding carboxylic acids is 1. The van der Waals surface area contributed by atoms with E-state index in [4.69, 9.17) is 5.41 Å². The van der Waals surface area contributed by atoms with Crippen molar-refractivity contribution < 1.29 is 9.18 Å². The molecular formula is C27H25FN6O2S. The minimum atomic E-state index is -0.460. The van der Waals surface area contributed by atoms with Crippen LogP contribution in [-0.4, -0.2) is 26.8 Å². The van der Waals surface area contributed by atoms with Gasteiger partial charge in [0, 0.05) is 29.8 Å². The topological polar surface area (TPSA) is 112 Å². The number of hydrogen-bond acceptors (Lipinski definition) is 7. The number of halogens is 1. The minimum Gasteiger partial charge on any atom is -0.355 e. The van der Waals surface area contributed by atoms with Crippen molar-refractivity contribution in [3.8, 4) is 0 Å². The number of nitrogens with zero attached hydrogens (tertiary/aromatic N) is 2. The van der Waals surface area contributed by atoms with Gasteiger partial charge in [0.25, 0.3) is 11.5 Å². The lowest BCUT2D eigenvalue weighted by Gasteiger charge is -2.15. The molecule has 4 N–H and O–H groups in total. The lowest BCUT2D eigenvalue weighted by atomic mass is 10.1. The fourth-order valence-corrected chi connectivity index (χ4v) is 3.75. The first kappa shape index (κ1) is 25.6. The molecule has 0 saturated heterocycles. The van der Waals surface area contributed by atoms with Crippen molar-refractivity contribution in [2.24, 2.45) is 7.05 Å². The molecule has 0 spiro atoms. The van der Waals surface area contributed by atoms with Crippen molar-refractivity contribution in [3.63, 3.8) is 0 Å². The van der Waals surface area contributed by atoms with Crippen molar-refractivity contribution in [1.29, 1.82) is 5.41 Å². The quantitative estimate of drug-likeness (QED) is 0.149. The van der Waals surface area contributed by atoms with Crippen LogP contribution in [0.15, 0.2) is 83.6 Å². The number of aromatic nitrogens is 2. The molecule has 0 aliphatic heterocycles. The number of anilines is 4. The highest BCUT2D eigenvalue weighted by atomic mass is 32.2. The Labute approximate surface area is 217 Å². The number of nitrogens with one attached hydrogen (secondary N) is 4. The van der Waals surface area contributed by atoms with Crippen molar-refractivity contribution in [1.82, 2.24) is 9.55 Å². The molecule has 1 heterocycles. The zero-order chi connectivity index (χ0) is 26.5. The van der Waals surface area contributed by atoms with Gasteiger partial charge in [-0.2, -0.15) is 0 Å². The van der Waals surface area contributed by atoms with Crippen LogP contribution in [0.5, 0.6) is 0 Å². The Morgan fingerprint density at radius 3 is 2.46 bits per heavy atom. The third kappa shape index (κ3) is 6.22. The molecule has 3 aromatic carbocycles. The predicted octanol–water partition coefficient (Wildman–Crippen LogP) is 5.40. The highest BCUT2D eigenvalue weighted by Gasteiger charge is 2.13. The van der Waals surface area contributed by atoms with Gasteiger partial charge in [-0.25, -0.2) is 9.37 Å². The molecule has 8 nitrogen and oxygen atoms in total. The number of benzene rings is 3. The maximum Gasteiger partial charge on any atom is 0.272 e. The van der Waals surface area contributed by atoms with E-state index < -0.39 is 5.91 Å². The largest absolute Gasteiger partial charge is 0.355 e. The van der Waals surface area contributed by atoms with Gasteiger partial charge in [-0.15, -0.1) is 11.8 Å². The van der Waals surface area contributed by atoms with Gasteiger partial charge in [0.1, 0.15) is 11.5 Å². The second-order valence-electron chi connectivity index (χ2n) is 8.26. The van der Waals surface area contributed by atoms with E-state index in [1.807, 2.05) is 19.1 Å². The molecule has 0 aliphatic rings. The van der Waals surface area contributed by atoms with Crippen molar-refractivity contribution in [2.45, 2.75) is 6.92 Å². The van der Waals surface area contributed by atoms with Crippen LogP contribution < -0.4 is 21.5 Å². The number of rotatable bonds is 7. The molecule has 1 aromatic heterocycles. The molecule has 0 atom stereocenters. The molecule has 37 heavy (non-hydrogen) atoms. The summed E-state index contributed by atoms with van der Waals surface area (Å²) >= 11 is 1.19. The minimum absolute atomic E-state index is 0.138. The Bertz CT molecular complexity index is 1580. The fraction of sp³-hybridized carbons (Fsp3) is 0.111. The number of carbonyl (C=O) groups is 1. The summed E-state index contributed by atoms with van der Waals surface area (Å²) in [4.78, 5) is 29.9. The number of hydrogen-bond donors (Lipinski definition) is 4. The van der Waals surface area contributed by atoms with Crippen LogP contribution in [0.4, 0.5) is 27.1 Å². The summed E-state index contributed by atoms with van der Waals surface area (Å²) in [5.74, 6) is -0.849. The molecule has 0 aliphatic carbocycles. The van der Waals surface area contributed by atoms with Crippen LogP contribution in [0.2, 0.25) is 0 Å². The Kier molecular flexibility index (Phi) is 7.69. The summed E-state index contributed by atoms with van der Waals surface area (Å²) in [7, 11) is 1.65. The Balaban J connectivity index is 1.57. The van der Waals surface area contributed by atoms with E-state index in [1.165, 1.54) is 53.0 Å². The third-order valence-corrected chi connectivity index (χ3v) is 6.11.